The van der Waals surface area contributed by atoms with Gasteiger partial charge in [0, 0.05) is 0 Å². The maximum Gasteiger partial charge on any atom is 0.123 e. The van der Waals surface area contributed by atoms with E-state index >= 15 is 0 Å². The van der Waals surface area contributed by atoms with Gasteiger partial charge in [-0.05, 0) is 54.8 Å². The fraction of sp³-hybridized carbons (Fsp3) is 0.333. The lowest BCUT2D eigenvalue weighted by atomic mass is 9.83. The van der Waals surface area contributed by atoms with Crippen LogP contribution in [0.2, 0.25) is 0 Å². The number of hydrogen-bond donors (Lipinski definition) is 1. The molecule has 2 aromatic rings. The van der Waals surface area contributed by atoms with Crippen LogP contribution in [0.4, 0.5) is 4.39 Å². The van der Waals surface area contributed by atoms with Crippen molar-refractivity contribution in [3.05, 3.63) is 71.0 Å². The van der Waals surface area contributed by atoms with Crippen LogP contribution in [-0.2, 0) is 10.3 Å². The minimum atomic E-state index is -0.330. The Morgan fingerprint density at radius 1 is 1.05 bits per heavy atom. The summed E-state index contributed by atoms with van der Waals surface area (Å²) in [7, 11) is 0. The zero-order valence-electron chi connectivity index (χ0n) is 11.8. The fourth-order valence-corrected chi connectivity index (χ4v) is 3.60. The van der Waals surface area contributed by atoms with E-state index in [9.17, 15) is 4.39 Å². The van der Waals surface area contributed by atoms with E-state index in [1.165, 1.54) is 6.07 Å². The summed E-state index contributed by atoms with van der Waals surface area (Å²) < 4.78 is 20.3. The smallest absolute Gasteiger partial charge is 0.123 e. The lowest BCUT2D eigenvalue weighted by Crippen LogP contribution is -2.39. The Balaban J connectivity index is 1.83. The molecule has 2 heterocycles. The quantitative estimate of drug-likeness (QED) is 0.864. The third-order valence-electron chi connectivity index (χ3n) is 4.65. The van der Waals surface area contributed by atoms with Gasteiger partial charge < -0.3 is 10.1 Å². The summed E-state index contributed by atoms with van der Waals surface area (Å²) in [6, 6.07) is 15.3. The fourth-order valence-electron chi connectivity index (χ4n) is 3.60. The highest BCUT2D eigenvalue weighted by Gasteiger charge is 2.46. The third-order valence-corrected chi connectivity index (χ3v) is 4.65. The molecule has 2 aliphatic rings. The van der Waals surface area contributed by atoms with Crippen LogP contribution < -0.4 is 5.32 Å². The van der Waals surface area contributed by atoms with Crippen LogP contribution in [0.5, 0.6) is 0 Å². The monoisotopic (exact) mass is 283 g/mol. The van der Waals surface area contributed by atoms with Gasteiger partial charge in [-0.3, -0.25) is 0 Å². The van der Waals surface area contributed by atoms with Crippen molar-refractivity contribution in [1.29, 1.82) is 0 Å². The van der Waals surface area contributed by atoms with Crippen LogP contribution in [-0.4, -0.2) is 13.1 Å². The Morgan fingerprint density at radius 3 is 2.57 bits per heavy atom. The zero-order chi connectivity index (χ0) is 14.3. The number of rotatable bonds is 1. The normalized spacial score (nSPS) is 23.2. The lowest BCUT2D eigenvalue weighted by molar-refractivity contribution is -0.0799. The lowest BCUT2D eigenvalue weighted by Gasteiger charge is -2.34. The summed E-state index contributed by atoms with van der Waals surface area (Å²) in [5, 5.41) is 3.36. The van der Waals surface area contributed by atoms with Gasteiger partial charge in [-0.1, -0.05) is 36.4 Å². The Kier molecular flexibility index (Phi) is 3.05. The van der Waals surface area contributed by atoms with Crippen molar-refractivity contribution in [2.24, 2.45) is 0 Å². The van der Waals surface area contributed by atoms with Gasteiger partial charge in [0.1, 0.15) is 11.9 Å². The molecule has 0 bridgehead atoms. The molecule has 0 aliphatic carbocycles. The van der Waals surface area contributed by atoms with Crippen LogP contribution in [0.1, 0.15) is 35.6 Å². The van der Waals surface area contributed by atoms with Crippen molar-refractivity contribution < 1.29 is 9.13 Å². The first-order valence-electron chi connectivity index (χ1n) is 7.52. The van der Waals surface area contributed by atoms with Gasteiger partial charge in [-0.25, -0.2) is 4.39 Å². The number of hydrogen-bond acceptors (Lipinski definition) is 2. The van der Waals surface area contributed by atoms with Crippen molar-refractivity contribution >= 4 is 0 Å². The first kappa shape index (κ1) is 13.0. The first-order valence-corrected chi connectivity index (χ1v) is 7.52. The molecule has 0 saturated carbocycles. The van der Waals surface area contributed by atoms with Crippen molar-refractivity contribution in [3.63, 3.8) is 0 Å². The van der Waals surface area contributed by atoms with E-state index in [1.807, 2.05) is 24.3 Å². The molecule has 0 aromatic heterocycles. The Morgan fingerprint density at radius 2 is 1.81 bits per heavy atom. The number of piperidine rings is 1. The van der Waals surface area contributed by atoms with Gasteiger partial charge in [0.25, 0.3) is 0 Å². The van der Waals surface area contributed by atoms with E-state index in [0.29, 0.717) is 0 Å². The molecule has 0 radical (unpaired) electrons. The summed E-state index contributed by atoms with van der Waals surface area (Å²) >= 11 is 0. The summed E-state index contributed by atoms with van der Waals surface area (Å²) in [6.45, 7) is 1.83. The molecular weight excluding hydrogens is 265 g/mol. The van der Waals surface area contributed by atoms with Crippen molar-refractivity contribution in [1.82, 2.24) is 5.32 Å². The highest BCUT2D eigenvalue weighted by molar-refractivity contribution is 5.44. The molecular formula is C18H18FNO. The van der Waals surface area contributed by atoms with Crippen LogP contribution in [0.25, 0.3) is 0 Å². The molecule has 1 atom stereocenters. The Hall–Kier alpha value is -1.71. The molecule has 3 heteroatoms. The van der Waals surface area contributed by atoms with Crippen molar-refractivity contribution in [2.45, 2.75) is 24.5 Å². The molecule has 0 unspecified atom stereocenters. The molecule has 0 amide bonds. The second kappa shape index (κ2) is 4.93. The highest BCUT2D eigenvalue weighted by atomic mass is 19.1. The van der Waals surface area contributed by atoms with Gasteiger partial charge >= 0.3 is 0 Å². The minimum absolute atomic E-state index is 0.0834. The van der Waals surface area contributed by atoms with E-state index in [4.69, 9.17) is 4.74 Å². The molecule has 4 rings (SSSR count). The summed E-state index contributed by atoms with van der Waals surface area (Å²) in [6.07, 6.45) is 1.71. The number of ether oxygens (including phenoxy) is 1. The third kappa shape index (κ3) is 2.08. The van der Waals surface area contributed by atoms with Crippen molar-refractivity contribution in [3.8, 4) is 0 Å². The number of fused-ring (bicyclic) bond motifs is 2. The largest absolute Gasteiger partial charge is 0.358 e. The van der Waals surface area contributed by atoms with Gasteiger partial charge in [0.2, 0.25) is 0 Å². The number of nitrogens with one attached hydrogen (secondary N) is 1. The molecule has 108 valence electrons. The van der Waals surface area contributed by atoms with Crippen LogP contribution in [0, 0.1) is 5.82 Å². The summed E-state index contributed by atoms with van der Waals surface area (Å²) in [5.41, 5.74) is 2.96. The van der Waals surface area contributed by atoms with Crippen LogP contribution in [0.3, 0.4) is 0 Å². The van der Waals surface area contributed by atoms with E-state index in [2.05, 4.69) is 17.4 Å². The zero-order valence-corrected chi connectivity index (χ0v) is 11.8. The number of halogens is 1. The van der Waals surface area contributed by atoms with E-state index in [1.54, 1.807) is 6.07 Å². The molecule has 21 heavy (non-hydrogen) atoms. The van der Waals surface area contributed by atoms with Gasteiger partial charge in [0.05, 0.1) is 5.60 Å². The summed E-state index contributed by atoms with van der Waals surface area (Å²) in [4.78, 5) is 0. The van der Waals surface area contributed by atoms with Crippen LogP contribution >= 0.6 is 0 Å². The predicted molar refractivity (Wildman–Crippen MR) is 79.6 cm³/mol. The molecule has 2 aliphatic heterocycles. The maximum absolute atomic E-state index is 13.8. The standard InChI is InChI=1S/C18H18FNO/c19-14-6-7-15-16(12-14)18(8-10-20-11-9-18)21-17(15)13-4-2-1-3-5-13/h1-7,12,17,20H,8-11H2/t17-/m0/s1. The molecule has 1 spiro atoms. The second-order valence-electron chi connectivity index (χ2n) is 5.88. The van der Waals surface area contributed by atoms with E-state index in [-0.39, 0.29) is 17.5 Å². The second-order valence-corrected chi connectivity index (χ2v) is 5.88. The highest BCUT2D eigenvalue weighted by Crippen LogP contribution is 2.50. The predicted octanol–water partition coefficient (Wildman–Crippen LogP) is 3.52. The molecule has 2 nitrogen and oxygen atoms in total. The summed E-state index contributed by atoms with van der Waals surface area (Å²) in [5.74, 6) is -0.177. The van der Waals surface area contributed by atoms with Gasteiger partial charge in [-0.15, -0.1) is 0 Å². The average Bonchev–Trinajstić information content (AvgIpc) is 2.83. The van der Waals surface area contributed by atoms with Gasteiger partial charge in [-0.2, -0.15) is 0 Å². The molecule has 1 N–H and O–H groups in total. The SMILES string of the molecule is Fc1ccc2c(c1)C1(CCNCC1)O[C@H]2c1ccccc1. The minimum Gasteiger partial charge on any atom is -0.358 e. The van der Waals surface area contributed by atoms with Gasteiger partial charge in [0.15, 0.2) is 0 Å². The number of benzene rings is 2. The molecule has 1 saturated heterocycles. The first-order chi connectivity index (χ1) is 10.3. The topological polar surface area (TPSA) is 21.3 Å². The van der Waals surface area contributed by atoms with E-state index in [0.717, 1.165) is 42.6 Å². The Bertz CT molecular complexity index is 650. The maximum atomic E-state index is 13.8. The molecule has 1 fully saturated rings. The van der Waals surface area contributed by atoms with Crippen molar-refractivity contribution in [2.75, 3.05) is 13.1 Å². The van der Waals surface area contributed by atoms with Crippen LogP contribution in [0.15, 0.2) is 48.5 Å². The Labute approximate surface area is 123 Å². The van der Waals surface area contributed by atoms with E-state index < -0.39 is 0 Å². The average molecular weight is 283 g/mol. The molecule has 2 aromatic carbocycles.